The highest BCUT2D eigenvalue weighted by molar-refractivity contribution is 6.24. The first-order valence-electron chi connectivity index (χ1n) is 6.81. The number of carbonyl (C=O) groups is 1. The van der Waals surface area contributed by atoms with Gasteiger partial charge in [0, 0.05) is 18.8 Å². The molecule has 1 N–H and O–H groups in total. The predicted octanol–water partition coefficient (Wildman–Crippen LogP) is 2.62. The Labute approximate surface area is 123 Å². The summed E-state index contributed by atoms with van der Waals surface area (Å²) in [7, 11) is 1.74. The zero-order valence-electron chi connectivity index (χ0n) is 12.0. The van der Waals surface area contributed by atoms with Crippen LogP contribution in [-0.4, -0.2) is 17.8 Å². The number of Topliss-reactive ketones (excluding diaryl/α,β-unsaturated/α-hetero) is 1. The highest BCUT2D eigenvalue weighted by atomic mass is 16.5. The minimum Gasteiger partial charge on any atom is -0.462 e. The van der Waals surface area contributed by atoms with Gasteiger partial charge in [0.05, 0.1) is 5.69 Å². The molecular formula is C17H16N2O2. The van der Waals surface area contributed by atoms with Crippen molar-refractivity contribution in [3.63, 3.8) is 0 Å². The van der Waals surface area contributed by atoms with E-state index in [1.54, 1.807) is 13.2 Å². The first kappa shape index (κ1) is 13.4. The Hall–Kier alpha value is -2.62. The number of rotatable bonds is 3. The van der Waals surface area contributed by atoms with Gasteiger partial charge in [-0.1, -0.05) is 30.3 Å². The van der Waals surface area contributed by atoms with E-state index >= 15 is 0 Å². The topological polar surface area (TPSA) is 51.2 Å². The van der Waals surface area contributed by atoms with E-state index in [4.69, 9.17) is 4.74 Å². The fourth-order valence-electron chi connectivity index (χ4n) is 2.42. The quantitative estimate of drug-likeness (QED) is 0.939. The van der Waals surface area contributed by atoms with Crippen LogP contribution in [0.3, 0.4) is 0 Å². The summed E-state index contributed by atoms with van der Waals surface area (Å²) >= 11 is 0. The number of carbonyl (C=O) groups excluding carboxylic acids is 1. The molecule has 0 bridgehead atoms. The molecule has 0 saturated carbocycles. The first-order valence-corrected chi connectivity index (χ1v) is 6.81. The number of pyridine rings is 1. The minimum atomic E-state index is -0.606. The molecule has 2 heterocycles. The van der Waals surface area contributed by atoms with Crippen molar-refractivity contribution in [1.82, 2.24) is 10.3 Å². The number of ketones is 1. The summed E-state index contributed by atoms with van der Waals surface area (Å²) < 4.78 is 5.79. The van der Waals surface area contributed by atoms with E-state index in [9.17, 15) is 4.79 Å². The second-order valence-electron chi connectivity index (χ2n) is 4.95. The summed E-state index contributed by atoms with van der Waals surface area (Å²) in [5.41, 5.74) is 3.05. The van der Waals surface area contributed by atoms with Crippen molar-refractivity contribution in [2.24, 2.45) is 0 Å². The van der Waals surface area contributed by atoms with Crippen LogP contribution in [-0.2, 0) is 9.53 Å². The highest BCUT2D eigenvalue weighted by Gasteiger charge is 2.37. The number of ether oxygens (including phenoxy) is 1. The third kappa shape index (κ3) is 2.40. The Kier molecular flexibility index (Phi) is 3.44. The van der Waals surface area contributed by atoms with Crippen LogP contribution in [0.4, 0.5) is 0 Å². The van der Waals surface area contributed by atoms with Crippen molar-refractivity contribution >= 4 is 11.4 Å². The second-order valence-corrected chi connectivity index (χ2v) is 4.95. The lowest BCUT2D eigenvalue weighted by atomic mass is 9.99. The van der Waals surface area contributed by atoms with Crippen molar-refractivity contribution in [1.29, 1.82) is 0 Å². The third-order valence-corrected chi connectivity index (χ3v) is 3.45. The van der Waals surface area contributed by atoms with E-state index in [-0.39, 0.29) is 5.78 Å². The maximum absolute atomic E-state index is 12.7. The molecule has 1 aromatic carbocycles. The molecule has 0 spiro atoms. The fraction of sp³-hybridized carbons (Fsp3) is 0.176. The molecule has 0 aliphatic carbocycles. The molecule has 21 heavy (non-hydrogen) atoms. The number of aromatic nitrogens is 1. The number of nitrogens with one attached hydrogen (secondary N) is 1. The van der Waals surface area contributed by atoms with Crippen LogP contribution in [0.15, 0.2) is 54.5 Å². The van der Waals surface area contributed by atoms with Crippen LogP contribution in [0.1, 0.15) is 22.9 Å². The number of hydrogen-bond donors (Lipinski definition) is 1. The Morgan fingerprint density at radius 1 is 1.19 bits per heavy atom. The van der Waals surface area contributed by atoms with Crippen LogP contribution in [0, 0.1) is 6.92 Å². The van der Waals surface area contributed by atoms with Crippen LogP contribution in [0.5, 0.6) is 0 Å². The molecule has 1 aliphatic rings. The number of nitrogens with zero attached hydrogens (tertiary/aromatic N) is 1. The monoisotopic (exact) mass is 280 g/mol. The summed E-state index contributed by atoms with van der Waals surface area (Å²) in [4.78, 5) is 17.0. The van der Waals surface area contributed by atoms with Gasteiger partial charge in [-0.15, -0.1) is 0 Å². The molecule has 1 aromatic heterocycles. The molecule has 1 atom stereocenters. The molecule has 0 saturated heterocycles. The molecular weight excluding hydrogens is 264 g/mol. The molecule has 2 aromatic rings. The summed E-state index contributed by atoms with van der Waals surface area (Å²) in [5.74, 6) is 0.413. The van der Waals surface area contributed by atoms with E-state index in [1.165, 1.54) is 0 Å². The molecule has 0 fully saturated rings. The maximum atomic E-state index is 12.7. The fourth-order valence-corrected chi connectivity index (χ4v) is 2.42. The number of aryl methyl sites for hydroxylation is 1. The number of benzene rings is 1. The summed E-state index contributed by atoms with van der Waals surface area (Å²) in [5, 5.41) is 2.96. The molecule has 0 amide bonds. The zero-order valence-corrected chi connectivity index (χ0v) is 12.0. The van der Waals surface area contributed by atoms with Crippen LogP contribution < -0.4 is 5.32 Å². The Morgan fingerprint density at radius 2 is 1.95 bits per heavy atom. The van der Waals surface area contributed by atoms with E-state index in [0.717, 1.165) is 11.1 Å². The van der Waals surface area contributed by atoms with E-state index in [2.05, 4.69) is 10.3 Å². The average molecular weight is 280 g/mol. The SMILES string of the molecule is CNC1=C(c2cc(C)ccn2)C(=O)[C@H](c2ccccc2)O1. The van der Waals surface area contributed by atoms with Gasteiger partial charge in [-0.25, -0.2) is 0 Å². The van der Waals surface area contributed by atoms with E-state index in [1.807, 2.05) is 49.4 Å². The molecule has 0 unspecified atom stereocenters. The molecule has 4 heteroatoms. The van der Waals surface area contributed by atoms with Crippen molar-refractivity contribution in [3.05, 3.63) is 71.4 Å². The van der Waals surface area contributed by atoms with Gasteiger partial charge in [0.1, 0.15) is 5.57 Å². The molecule has 4 nitrogen and oxygen atoms in total. The van der Waals surface area contributed by atoms with Gasteiger partial charge in [-0.2, -0.15) is 0 Å². The standard InChI is InChI=1S/C17H16N2O2/c1-11-8-9-19-13(10-11)14-15(20)16(21-17(14)18-2)12-6-4-3-5-7-12/h3-10,16,18H,1-2H3/t16-/m0/s1. The first-order chi connectivity index (χ1) is 10.2. The molecule has 1 aliphatic heterocycles. The third-order valence-electron chi connectivity index (χ3n) is 3.45. The van der Waals surface area contributed by atoms with E-state index < -0.39 is 6.10 Å². The van der Waals surface area contributed by atoms with Gasteiger partial charge in [0.15, 0.2) is 6.10 Å². The van der Waals surface area contributed by atoms with Gasteiger partial charge in [0.25, 0.3) is 0 Å². The lowest BCUT2D eigenvalue weighted by Crippen LogP contribution is -2.10. The average Bonchev–Trinajstić information content (AvgIpc) is 2.85. The largest absolute Gasteiger partial charge is 0.462 e. The van der Waals surface area contributed by atoms with Crippen LogP contribution in [0.2, 0.25) is 0 Å². The Morgan fingerprint density at radius 3 is 2.62 bits per heavy atom. The summed E-state index contributed by atoms with van der Waals surface area (Å²) in [6.07, 6.45) is 1.10. The Bertz CT molecular complexity index is 708. The predicted molar refractivity (Wildman–Crippen MR) is 80.2 cm³/mol. The smallest absolute Gasteiger partial charge is 0.215 e. The highest BCUT2D eigenvalue weighted by Crippen LogP contribution is 2.36. The maximum Gasteiger partial charge on any atom is 0.215 e. The van der Waals surface area contributed by atoms with Crippen LogP contribution in [0.25, 0.3) is 5.57 Å². The lowest BCUT2D eigenvalue weighted by Gasteiger charge is -2.11. The molecule has 106 valence electrons. The normalized spacial score (nSPS) is 17.8. The van der Waals surface area contributed by atoms with Gasteiger partial charge in [0.2, 0.25) is 11.7 Å². The zero-order chi connectivity index (χ0) is 14.8. The second kappa shape index (κ2) is 5.40. The van der Waals surface area contributed by atoms with Crippen molar-refractivity contribution in [3.8, 4) is 0 Å². The summed E-state index contributed by atoms with van der Waals surface area (Å²) in [6.45, 7) is 1.97. The van der Waals surface area contributed by atoms with E-state index in [0.29, 0.717) is 17.2 Å². The van der Waals surface area contributed by atoms with Crippen molar-refractivity contribution in [2.45, 2.75) is 13.0 Å². The van der Waals surface area contributed by atoms with Gasteiger partial charge in [-0.3, -0.25) is 9.78 Å². The summed E-state index contributed by atoms with van der Waals surface area (Å²) in [6, 6.07) is 13.3. The van der Waals surface area contributed by atoms with Gasteiger partial charge in [-0.05, 0) is 24.6 Å². The van der Waals surface area contributed by atoms with Gasteiger partial charge >= 0.3 is 0 Å². The molecule has 0 radical (unpaired) electrons. The molecule has 3 rings (SSSR count). The Balaban J connectivity index is 2.01. The van der Waals surface area contributed by atoms with Crippen LogP contribution >= 0.6 is 0 Å². The number of hydrogen-bond acceptors (Lipinski definition) is 4. The lowest BCUT2D eigenvalue weighted by molar-refractivity contribution is -0.120. The van der Waals surface area contributed by atoms with Crippen molar-refractivity contribution < 1.29 is 9.53 Å². The minimum absolute atomic E-state index is 0.0661. The van der Waals surface area contributed by atoms with Gasteiger partial charge < -0.3 is 10.1 Å². The van der Waals surface area contributed by atoms with Crippen molar-refractivity contribution in [2.75, 3.05) is 7.05 Å².